The van der Waals surface area contributed by atoms with E-state index in [1.807, 2.05) is 24.3 Å². The van der Waals surface area contributed by atoms with E-state index < -0.39 is 0 Å². The molecule has 2 aliphatic heterocycles. The van der Waals surface area contributed by atoms with Gasteiger partial charge in [-0.3, -0.25) is 0 Å². The van der Waals surface area contributed by atoms with E-state index in [-0.39, 0.29) is 11.5 Å². The minimum absolute atomic E-state index is 0.121. The van der Waals surface area contributed by atoms with Crippen molar-refractivity contribution in [1.29, 1.82) is 0 Å². The summed E-state index contributed by atoms with van der Waals surface area (Å²) in [6, 6.07) is 72.4. The first-order valence-corrected chi connectivity index (χ1v) is 22.7. The summed E-state index contributed by atoms with van der Waals surface area (Å²) in [4.78, 5) is 2.39. The molecule has 4 heteroatoms. The smallest absolute Gasteiger partial charge is 0.184 e. The highest BCUT2D eigenvalue weighted by Gasteiger charge is 2.36. The van der Waals surface area contributed by atoms with Gasteiger partial charge in [0.1, 0.15) is 22.7 Å². The molecule has 4 nitrogen and oxygen atoms in total. The molecule has 0 N–H and O–H groups in total. The maximum atomic E-state index is 6.32. The van der Waals surface area contributed by atoms with Gasteiger partial charge in [0, 0.05) is 44.4 Å². The molecule has 0 bridgehead atoms. The van der Waals surface area contributed by atoms with Crippen LogP contribution in [0.15, 0.2) is 229 Å². The van der Waals surface area contributed by atoms with Gasteiger partial charge in [0.05, 0.1) is 6.26 Å². The van der Waals surface area contributed by atoms with E-state index in [1.165, 1.54) is 44.5 Å². The fourth-order valence-electron chi connectivity index (χ4n) is 10.4. The highest BCUT2D eigenvalue weighted by molar-refractivity contribution is 6.06. The molecule has 13 rings (SSSR count). The second-order valence-corrected chi connectivity index (χ2v) is 18.0. The predicted molar refractivity (Wildman–Crippen MR) is 269 cm³/mol. The monoisotopic (exact) mass is 849 g/mol. The van der Waals surface area contributed by atoms with Gasteiger partial charge in [0.25, 0.3) is 0 Å². The Morgan fingerprint density at radius 1 is 0.439 bits per heavy atom. The largest absolute Gasteiger partial charge is 0.485 e. The summed E-state index contributed by atoms with van der Waals surface area (Å²) < 4.78 is 18.3. The third-order valence-corrected chi connectivity index (χ3v) is 13.9. The number of rotatable bonds is 7. The van der Waals surface area contributed by atoms with Crippen molar-refractivity contribution in [3.63, 3.8) is 0 Å². The molecule has 314 valence electrons. The van der Waals surface area contributed by atoms with Crippen LogP contribution in [0.25, 0.3) is 77.6 Å². The van der Waals surface area contributed by atoms with Gasteiger partial charge in [-0.2, -0.15) is 0 Å². The van der Waals surface area contributed by atoms with Crippen LogP contribution in [-0.2, 0) is 10.2 Å². The minimum atomic E-state index is -0.185. The molecule has 0 fully saturated rings. The Morgan fingerprint density at radius 2 is 1.00 bits per heavy atom. The number of hydrogen-bond donors (Lipinski definition) is 0. The fraction of sp³-hybridized carbons (Fsp3) is 0.0645. The van der Waals surface area contributed by atoms with Crippen LogP contribution in [0.3, 0.4) is 0 Å². The Kier molecular flexibility index (Phi) is 8.59. The molecule has 0 radical (unpaired) electrons. The van der Waals surface area contributed by atoms with Crippen LogP contribution in [0.4, 0.5) is 17.1 Å². The van der Waals surface area contributed by atoms with Crippen LogP contribution >= 0.6 is 0 Å². The number of furan rings is 1. The lowest BCUT2D eigenvalue weighted by Crippen LogP contribution is -2.16. The molecule has 0 saturated carbocycles. The average Bonchev–Trinajstić information content (AvgIpc) is 4.02. The number of benzene rings is 9. The number of ether oxygens (including phenoxy) is 2. The van der Waals surface area contributed by atoms with E-state index in [2.05, 4.69) is 207 Å². The summed E-state index contributed by atoms with van der Waals surface area (Å²) in [5.41, 5.74) is 20.6. The van der Waals surface area contributed by atoms with Crippen molar-refractivity contribution >= 4 is 39.0 Å². The Hall–Kier alpha value is -8.34. The molecule has 1 atom stereocenters. The van der Waals surface area contributed by atoms with Crippen molar-refractivity contribution in [2.24, 2.45) is 0 Å². The first kappa shape index (κ1) is 38.1. The zero-order valence-electron chi connectivity index (χ0n) is 36.5. The van der Waals surface area contributed by atoms with Gasteiger partial charge in [-0.1, -0.05) is 159 Å². The number of para-hydroxylation sites is 2. The maximum absolute atomic E-state index is 6.32. The first-order valence-electron chi connectivity index (χ1n) is 22.7. The normalized spacial score (nSPS) is 15.1. The summed E-state index contributed by atoms with van der Waals surface area (Å²) in [5, 5.41) is 2.28. The summed E-state index contributed by atoms with van der Waals surface area (Å²) in [5.74, 6) is 1.70. The highest BCUT2D eigenvalue weighted by Crippen LogP contribution is 2.51. The SMILES string of the molecule is CC1(C)c2ccccc2-c2ccc(N(c3ccc(-c4ccc(-c5ccc6oc7ccccc7c6c5)cc4)cc3)c3ccc(-c4ccc(-c5cccc6c5OC5=CC=COC56)cc4)cc3)cc21. The summed E-state index contributed by atoms with van der Waals surface area (Å²) in [6.45, 7) is 4.69. The van der Waals surface area contributed by atoms with E-state index >= 15 is 0 Å². The number of nitrogens with zero attached hydrogens (tertiary/aromatic N) is 1. The molecule has 10 aromatic rings. The Labute approximate surface area is 383 Å². The van der Waals surface area contributed by atoms with E-state index in [0.29, 0.717) is 0 Å². The van der Waals surface area contributed by atoms with Crippen molar-refractivity contribution < 1.29 is 13.9 Å². The molecule has 3 aliphatic rings. The van der Waals surface area contributed by atoms with Crippen molar-refractivity contribution in [3.05, 3.63) is 241 Å². The van der Waals surface area contributed by atoms with Gasteiger partial charge in [-0.25, -0.2) is 0 Å². The molecule has 0 saturated heterocycles. The molecule has 1 aromatic heterocycles. The zero-order valence-corrected chi connectivity index (χ0v) is 36.5. The number of fused-ring (bicyclic) bond motifs is 9. The third-order valence-electron chi connectivity index (χ3n) is 13.9. The second kappa shape index (κ2) is 14.9. The van der Waals surface area contributed by atoms with Crippen LogP contribution in [-0.4, -0.2) is 0 Å². The average molecular weight is 850 g/mol. The minimum Gasteiger partial charge on any atom is -0.485 e. The van der Waals surface area contributed by atoms with Crippen LogP contribution in [0.1, 0.15) is 36.6 Å². The molecule has 1 unspecified atom stereocenters. The van der Waals surface area contributed by atoms with Crippen LogP contribution < -0.4 is 9.64 Å². The van der Waals surface area contributed by atoms with Crippen LogP contribution in [0.2, 0.25) is 0 Å². The first-order chi connectivity index (χ1) is 32.4. The van der Waals surface area contributed by atoms with Gasteiger partial charge in [-0.05, 0) is 128 Å². The molecule has 0 spiro atoms. The van der Waals surface area contributed by atoms with Crippen molar-refractivity contribution in [2.45, 2.75) is 25.4 Å². The molecule has 66 heavy (non-hydrogen) atoms. The standard InChI is InChI=1S/C62H43NO3/c1-62(2)55-13-5-3-9-50(55)51-34-33-48(38-56(51)62)63(46-29-24-41(25-30-46)39-16-18-43(19-17-39)45-28-35-58-54(37-45)52-10-4-6-14-57(52)65-58)47-31-26-42(27-32-47)40-20-22-44(23-21-40)49-11-7-12-53-60(49)66-59-15-8-36-64-61(53)59/h3-38,61H,1-2H3. The third kappa shape index (κ3) is 6.13. The van der Waals surface area contributed by atoms with Gasteiger partial charge < -0.3 is 18.8 Å². The molecule has 3 heterocycles. The van der Waals surface area contributed by atoms with Gasteiger partial charge in [0.2, 0.25) is 0 Å². The van der Waals surface area contributed by atoms with Gasteiger partial charge in [-0.15, -0.1) is 0 Å². The topological polar surface area (TPSA) is 34.8 Å². The highest BCUT2D eigenvalue weighted by atomic mass is 16.5. The van der Waals surface area contributed by atoms with E-state index in [9.17, 15) is 0 Å². The molecular weight excluding hydrogens is 807 g/mol. The van der Waals surface area contributed by atoms with Crippen molar-refractivity contribution in [2.75, 3.05) is 4.90 Å². The lowest BCUT2D eigenvalue weighted by atomic mass is 9.82. The Morgan fingerprint density at radius 3 is 1.73 bits per heavy atom. The van der Waals surface area contributed by atoms with Crippen LogP contribution in [0.5, 0.6) is 5.75 Å². The second-order valence-electron chi connectivity index (χ2n) is 18.0. The van der Waals surface area contributed by atoms with Crippen LogP contribution in [0, 0.1) is 0 Å². The van der Waals surface area contributed by atoms with Gasteiger partial charge in [0.15, 0.2) is 6.10 Å². The lowest BCUT2D eigenvalue weighted by molar-refractivity contribution is 0.155. The molecular formula is C62H43NO3. The van der Waals surface area contributed by atoms with Crippen molar-refractivity contribution in [1.82, 2.24) is 0 Å². The summed E-state index contributed by atoms with van der Waals surface area (Å²) in [7, 11) is 0. The van der Waals surface area contributed by atoms with Gasteiger partial charge >= 0.3 is 0 Å². The predicted octanol–water partition coefficient (Wildman–Crippen LogP) is 16.9. The quantitative estimate of drug-likeness (QED) is 0.160. The van der Waals surface area contributed by atoms with E-state index in [1.54, 1.807) is 6.26 Å². The lowest BCUT2D eigenvalue weighted by Gasteiger charge is -2.28. The zero-order chi connectivity index (χ0) is 43.9. The fourth-order valence-corrected chi connectivity index (χ4v) is 10.4. The number of allylic oxidation sites excluding steroid dienone is 2. The van der Waals surface area contributed by atoms with E-state index in [4.69, 9.17) is 13.9 Å². The van der Waals surface area contributed by atoms with Crippen molar-refractivity contribution in [3.8, 4) is 61.4 Å². The Bertz CT molecular complexity index is 3590. The summed E-state index contributed by atoms with van der Waals surface area (Å²) in [6.07, 6.45) is 5.41. The molecule has 0 amide bonds. The Balaban J connectivity index is 0.819. The van der Waals surface area contributed by atoms with E-state index in [0.717, 1.165) is 78.3 Å². The molecule has 9 aromatic carbocycles. The number of anilines is 3. The summed E-state index contributed by atoms with van der Waals surface area (Å²) >= 11 is 0. The maximum Gasteiger partial charge on any atom is 0.184 e. The number of hydrogen-bond acceptors (Lipinski definition) is 4. The molecule has 1 aliphatic carbocycles.